The van der Waals surface area contributed by atoms with Crippen LogP contribution in [0, 0.1) is 13.8 Å². The van der Waals surface area contributed by atoms with Crippen LogP contribution in [-0.2, 0) is 23.0 Å². The number of rotatable bonds is 6. The zero-order valence-corrected chi connectivity index (χ0v) is 19.5. The van der Waals surface area contributed by atoms with E-state index < -0.39 is 15.5 Å². The molecule has 3 aromatic heterocycles. The first-order chi connectivity index (χ1) is 16.0. The molecule has 0 spiro atoms. The predicted molar refractivity (Wildman–Crippen MR) is 124 cm³/mol. The minimum atomic E-state index is -5.55. The number of imidazole rings is 1. The third kappa shape index (κ3) is 4.47. The summed E-state index contributed by atoms with van der Waals surface area (Å²) < 4.78 is 65.3. The molecule has 0 saturated carbocycles. The SMILES string of the molecule is CCc1nc2c(C)cc(C)nc2n1Cc1ccc(-c2cnccc2NS(=O)(=O)C(F)(F)F)cc1. The zero-order chi connectivity index (χ0) is 24.7. The second-order valence-corrected chi connectivity index (χ2v) is 9.56. The number of pyridine rings is 2. The van der Waals surface area contributed by atoms with Crippen LogP contribution in [0.4, 0.5) is 18.9 Å². The van der Waals surface area contributed by atoms with Gasteiger partial charge in [-0.3, -0.25) is 9.71 Å². The highest BCUT2D eigenvalue weighted by Gasteiger charge is 2.46. The van der Waals surface area contributed by atoms with E-state index >= 15 is 0 Å². The lowest BCUT2D eigenvalue weighted by Gasteiger charge is -2.14. The molecule has 7 nitrogen and oxygen atoms in total. The first-order valence-electron chi connectivity index (χ1n) is 10.5. The molecule has 0 aliphatic carbocycles. The zero-order valence-electron chi connectivity index (χ0n) is 18.7. The standard InChI is InChI=1S/C23H22F3N5O2S/c1-4-20-29-21-14(2)11-15(3)28-22(21)31(20)13-16-5-7-17(8-6-16)18-12-27-10-9-19(18)30-34(32,33)23(24,25)26/h5-12H,4,13H2,1-3H3,(H,27,30). The third-order valence-electron chi connectivity index (χ3n) is 5.39. The van der Waals surface area contributed by atoms with Crippen molar-refractivity contribution in [3.63, 3.8) is 0 Å². The first-order valence-corrected chi connectivity index (χ1v) is 11.9. The Bertz CT molecular complexity index is 1460. The van der Waals surface area contributed by atoms with E-state index in [0.29, 0.717) is 12.1 Å². The Morgan fingerprint density at radius 2 is 1.76 bits per heavy atom. The van der Waals surface area contributed by atoms with Gasteiger partial charge in [0.25, 0.3) is 0 Å². The van der Waals surface area contributed by atoms with Crippen molar-refractivity contribution in [2.45, 2.75) is 39.2 Å². The van der Waals surface area contributed by atoms with Crippen LogP contribution in [0.15, 0.2) is 48.8 Å². The molecular weight excluding hydrogens is 467 g/mol. The molecule has 0 fully saturated rings. The van der Waals surface area contributed by atoms with E-state index in [4.69, 9.17) is 4.98 Å². The molecule has 0 unspecified atom stereocenters. The molecule has 11 heteroatoms. The quantitative estimate of drug-likeness (QED) is 0.413. The summed E-state index contributed by atoms with van der Waals surface area (Å²) in [5.41, 5.74) is -0.335. The van der Waals surface area contributed by atoms with Gasteiger partial charge in [-0.1, -0.05) is 31.2 Å². The summed E-state index contributed by atoms with van der Waals surface area (Å²) >= 11 is 0. The summed E-state index contributed by atoms with van der Waals surface area (Å²) in [5, 5.41) is 0. The normalized spacial score (nSPS) is 12.3. The van der Waals surface area contributed by atoms with Crippen LogP contribution in [0.1, 0.15) is 29.6 Å². The fourth-order valence-electron chi connectivity index (χ4n) is 3.77. The van der Waals surface area contributed by atoms with Gasteiger partial charge >= 0.3 is 15.5 Å². The molecule has 4 rings (SSSR count). The molecule has 0 aliphatic heterocycles. The molecule has 34 heavy (non-hydrogen) atoms. The van der Waals surface area contributed by atoms with Crippen molar-refractivity contribution in [3.8, 4) is 11.1 Å². The van der Waals surface area contributed by atoms with Gasteiger partial charge in [0, 0.05) is 30.1 Å². The highest BCUT2D eigenvalue weighted by molar-refractivity contribution is 7.93. The number of nitrogens with one attached hydrogen (secondary N) is 1. The Labute approximate surface area is 194 Å². The molecule has 0 radical (unpaired) electrons. The first kappa shape index (κ1) is 23.7. The average molecular weight is 490 g/mol. The third-order valence-corrected chi connectivity index (χ3v) is 6.49. The molecule has 0 saturated heterocycles. The van der Waals surface area contributed by atoms with E-state index in [2.05, 4.69) is 14.5 Å². The summed E-state index contributed by atoms with van der Waals surface area (Å²) in [4.78, 5) is 13.3. The highest BCUT2D eigenvalue weighted by atomic mass is 32.2. The van der Waals surface area contributed by atoms with E-state index in [-0.39, 0.29) is 11.3 Å². The van der Waals surface area contributed by atoms with E-state index in [0.717, 1.165) is 40.2 Å². The van der Waals surface area contributed by atoms with Gasteiger partial charge in [-0.05, 0) is 42.7 Å². The number of hydrogen-bond donors (Lipinski definition) is 1. The molecule has 1 N–H and O–H groups in total. The number of alkyl halides is 3. The van der Waals surface area contributed by atoms with Crippen LogP contribution in [0.5, 0.6) is 0 Å². The summed E-state index contributed by atoms with van der Waals surface area (Å²) in [6.45, 7) is 6.47. The van der Waals surface area contributed by atoms with E-state index in [9.17, 15) is 21.6 Å². The maximum atomic E-state index is 12.8. The van der Waals surface area contributed by atoms with Crippen LogP contribution < -0.4 is 4.72 Å². The lowest BCUT2D eigenvalue weighted by Crippen LogP contribution is -2.30. The molecule has 178 valence electrons. The molecule has 0 amide bonds. The average Bonchev–Trinajstić information content (AvgIpc) is 3.11. The van der Waals surface area contributed by atoms with Crippen molar-refractivity contribution < 1.29 is 21.6 Å². The molecular formula is C23H22F3N5O2S. The number of hydrogen-bond acceptors (Lipinski definition) is 5. The van der Waals surface area contributed by atoms with E-state index in [1.165, 1.54) is 18.5 Å². The Morgan fingerprint density at radius 3 is 2.41 bits per heavy atom. The van der Waals surface area contributed by atoms with Gasteiger partial charge in [-0.2, -0.15) is 21.6 Å². The summed E-state index contributed by atoms with van der Waals surface area (Å²) in [6, 6.07) is 10.3. The number of sulfonamides is 1. The Morgan fingerprint density at radius 1 is 1.06 bits per heavy atom. The summed E-state index contributed by atoms with van der Waals surface area (Å²) in [6.07, 6.45) is 3.27. The fourth-order valence-corrected chi connectivity index (χ4v) is 4.36. The Balaban J connectivity index is 1.67. The van der Waals surface area contributed by atoms with Gasteiger partial charge in [-0.25, -0.2) is 9.97 Å². The number of fused-ring (bicyclic) bond motifs is 1. The Hall–Kier alpha value is -3.47. The van der Waals surface area contributed by atoms with Gasteiger partial charge < -0.3 is 4.57 Å². The van der Waals surface area contributed by atoms with Gasteiger partial charge in [-0.15, -0.1) is 0 Å². The number of aromatic nitrogens is 4. The number of benzene rings is 1. The lowest BCUT2D eigenvalue weighted by molar-refractivity contribution is -0.0429. The smallest absolute Gasteiger partial charge is 0.308 e. The van der Waals surface area contributed by atoms with Gasteiger partial charge in [0.2, 0.25) is 0 Å². The number of halogens is 3. The largest absolute Gasteiger partial charge is 0.516 e. The van der Waals surface area contributed by atoms with E-state index in [1.54, 1.807) is 16.9 Å². The molecule has 3 heterocycles. The van der Waals surface area contributed by atoms with Gasteiger partial charge in [0.15, 0.2) is 5.65 Å². The van der Waals surface area contributed by atoms with Crippen molar-refractivity contribution in [3.05, 3.63) is 71.4 Å². The molecule has 1 aromatic carbocycles. The van der Waals surface area contributed by atoms with Crippen molar-refractivity contribution >= 4 is 26.9 Å². The van der Waals surface area contributed by atoms with Crippen LogP contribution in [0.3, 0.4) is 0 Å². The minimum absolute atomic E-state index is 0.205. The van der Waals surface area contributed by atoms with Crippen molar-refractivity contribution in [2.24, 2.45) is 0 Å². The molecule has 4 aromatic rings. The summed E-state index contributed by atoms with van der Waals surface area (Å²) in [5.74, 6) is 0.899. The van der Waals surface area contributed by atoms with Gasteiger partial charge in [0.05, 0.1) is 12.2 Å². The lowest BCUT2D eigenvalue weighted by atomic mass is 10.0. The van der Waals surface area contributed by atoms with Crippen LogP contribution in [-0.4, -0.2) is 33.4 Å². The topological polar surface area (TPSA) is 89.8 Å². The monoisotopic (exact) mass is 489 g/mol. The van der Waals surface area contributed by atoms with Crippen molar-refractivity contribution in [2.75, 3.05) is 4.72 Å². The predicted octanol–water partition coefficient (Wildman–Crippen LogP) is 4.98. The fraction of sp³-hybridized carbons (Fsp3) is 0.261. The molecule has 0 bridgehead atoms. The van der Waals surface area contributed by atoms with Gasteiger partial charge in [0.1, 0.15) is 11.3 Å². The number of aryl methyl sites for hydroxylation is 3. The minimum Gasteiger partial charge on any atom is -0.308 e. The van der Waals surface area contributed by atoms with Crippen LogP contribution >= 0.6 is 0 Å². The maximum Gasteiger partial charge on any atom is 0.516 e. The second kappa shape index (κ2) is 8.71. The number of anilines is 1. The van der Waals surface area contributed by atoms with Crippen molar-refractivity contribution in [1.29, 1.82) is 0 Å². The van der Waals surface area contributed by atoms with Crippen molar-refractivity contribution in [1.82, 2.24) is 19.5 Å². The highest BCUT2D eigenvalue weighted by Crippen LogP contribution is 2.32. The summed E-state index contributed by atoms with van der Waals surface area (Å²) in [7, 11) is -5.55. The molecule has 0 atom stereocenters. The Kier molecular flexibility index (Phi) is 6.07. The van der Waals surface area contributed by atoms with Crippen LogP contribution in [0.25, 0.3) is 22.3 Å². The second-order valence-electron chi connectivity index (χ2n) is 7.89. The van der Waals surface area contributed by atoms with Crippen LogP contribution in [0.2, 0.25) is 0 Å². The number of nitrogens with zero attached hydrogens (tertiary/aromatic N) is 4. The molecule has 0 aliphatic rings. The maximum absolute atomic E-state index is 12.8. The van der Waals surface area contributed by atoms with E-state index in [1.807, 2.05) is 39.0 Å².